The molecule has 0 unspecified atom stereocenters. The number of Topliss-reactive ketones (excluding diaryl/α,β-unsaturated/α-hetero) is 1. The Morgan fingerprint density at radius 2 is 2.00 bits per heavy atom. The summed E-state index contributed by atoms with van der Waals surface area (Å²) < 4.78 is 0. The van der Waals surface area contributed by atoms with Crippen molar-refractivity contribution in [3.05, 3.63) is 34.9 Å². The second-order valence-corrected chi connectivity index (χ2v) is 5.78. The van der Waals surface area contributed by atoms with Crippen LogP contribution in [0.2, 0.25) is 0 Å². The molecule has 1 aliphatic heterocycles. The van der Waals surface area contributed by atoms with Gasteiger partial charge in [-0.3, -0.25) is 4.79 Å². The van der Waals surface area contributed by atoms with Gasteiger partial charge >= 0.3 is 0 Å². The van der Waals surface area contributed by atoms with E-state index in [2.05, 4.69) is 36.9 Å². The fourth-order valence-corrected chi connectivity index (χ4v) is 3.63. The minimum Gasteiger partial charge on any atom is -0.304 e. The van der Waals surface area contributed by atoms with Crippen molar-refractivity contribution in [1.82, 2.24) is 4.90 Å². The third kappa shape index (κ3) is 1.63. The topological polar surface area (TPSA) is 20.3 Å². The van der Waals surface area contributed by atoms with Gasteiger partial charge in [-0.2, -0.15) is 0 Å². The Bertz CT molecular complexity index is 484. The van der Waals surface area contributed by atoms with Gasteiger partial charge in [0.15, 0.2) is 0 Å². The van der Waals surface area contributed by atoms with Crippen molar-refractivity contribution >= 4 is 5.78 Å². The summed E-state index contributed by atoms with van der Waals surface area (Å²) >= 11 is 0. The molecule has 2 nitrogen and oxygen atoms in total. The molecule has 1 aromatic rings. The number of hydrogen-bond acceptors (Lipinski definition) is 2. The Hall–Kier alpha value is -1.15. The normalized spacial score (nSPS) is 22.4. The lowest BCUT2D eigenvalue weighted by Gasteiger charge is -2.38. The highest BCUT2D eigenvalue weighted by Gasteiger charge is 2.47. The summed E-state index contributed by atoms with van der Waals surface area (Å²) in [5.41, 5.74) is 3.73. The van der Waals surface area contributed by atoms with Crippen molar-refractivity contribution < 1.29 is 4.79 Å². The first-order valence-electron chi connectivity index (χ1n) is 7.01. The number of fused-ring (bicyclic) bond motifs is 2. The summed E-state index contributed by atoms with van der Waals surface area (Å²) in [5.74, 6) is 0.457. The molecule has 1 aromatic carbocycles. The van der Waals surface area contributed by atoms with E-state index in [1.165, 1.54) is 16.7 Å². The van der Waals surface area contributed by atoms with E-state index in [1.807, 2.05) is 0 Å². The predicted molar refractivity (Wildman–Crippen MR) is 72.9 cm³/mol. The van der Waals surface area contributed by atoms with Crippen LogP contribution in [0.15, 0.2) is 18.2 Å². The molecule has 2 aliphatic rings. The van der Waals surface area contributed by atoms with Crippen LogP contribution in [0.5, 0.6) is 0 Å². The van der Waals surface area contributed by atoms with Gasteiger partial charge in [0.25, 0.3) is 0 Å². The highest BCUT2D eigenvalue weighted by Crippen LogP contribution is 2.44. The summed E-state index contributed by atoms with van der Waals surface area (Å²) in [5, 5.41) is 0. The first kappa shape index (κ1) is 11.9. The van der Waals surface area contributed by atoms with Gasteiger partial charge in [-0.15, -0.1) is 0 Å². The summed E-state index contributed by atoms with van der Waals surface area (Å²) in [7, 11) is 0. The Morgan fingerprint density at radius 3 is 2.67 bits per heavy atom. The zero-order valence-corrected chi connectivity index (χ0v) is 11.3. The van der Waals surface area contributed by atoms with Gasteiger partial charge in [-0.1, -0.05) is 30.7 Å². The molecule has 2 heteroatoms. The van der Waals surface area contributed by atoms with E-state index < -0.39 is 0 Å². The van der Waals surface area contributed by atoms with Crippen molar-refractivity contribution in [2.45, 2.75) is 38.5 Å². The highest BCUT2D eigenvalue weighted by molar-refractivity contribution is 5.96. The van der Waals surface area contributed by atoms with Gasteiger partial charge in [-0.25, -0.2) is 0 Å². The number of aryl methyl sites for hydroxylation is 1. The van der Waals surface area contributed by atoms with Crippen molar-refractivity contribution in [2.75, 3.05) is 19.6 Å². The maximum absolute atomic E-state index is 12.5. The number of benzene rings is 1. The summed E-state index contributed by atoms with van der Waals surface area (Å²) in [4.78, 5) is 14.9. The highest BCUT2D eigenvalue weighted by atomic mass is 16.1. The van der Waals surface area contributed by atoms with Crippen molar-refractivity contribution in [3.8, 4) is 0 Å². The predicted octanol–water partition coefficient (Wildman–Crippen LogP) is 2.47. The van der Waals surface area contributed by atoms with E-state index in [4.69, 9.17) is 0 Å². The average molecular weight is 243 g/mol. The quantitative estimate of drug-likeness (QED) is 0.755. The van der Waals surface area contributed by atoms with Gasteiger partial charge < -0.3 is 4.90 Å². The van der Waals surface area contributed by atoms with E-state index >= 15 is 0 Å². The lowest BCUT2D eigenvalue weighted by Crippen LogP contribution is -2.45. The molecule has 0 radical (unpaired) electrons. The molecule has 1 heterocycles. The number of rotatable bonds is 1. The third-order valence-electron chi connectivity index (χ3n) is 4.82. The van der Waals surface area contributed by atoms with Gasteiger partial charge in [0.2, 0.25) is 0 Å². The molecule has 0 N–H and O–H groups in total. The molecule has 0 bridgehead atoms. The average Bonchev–Trinajstić information content (AvgIpc) is 2.63. The molecule has 0 atom stereocenters. The molecule has 0 aromatic heterocycles. The van der Waals surface area contributed by atoms with Gasteiger partial charge in [0, 0.05) is 6.42 Å². The van der Waals surface area contributed by atoms with Crippen LogP contribution >= 0.6 is 0 Å². The van der Waals surface area contributed by atoms with Crippen LogP contribution in [0.3, 0.4) is 0 Å². The van der Waals surface area contributed by atoms with Crippen LogP contribution in [-0.4, -0.2) is 30.3 Å². The number of piperidine rings is 1. The fraction of sp³-hybridized carbons (Fsp3) is 0.562. The summed E-state index contributed by atoms with van der Waals surface area (Å²) in [6.45, 7) is 7.54. The Kier molecular flexibility index (Phi) is 2.78. The van der Waals surface area contributed by atoms with E-state index in [1.54, 1.807) is 0 Å². The fourth-order valence-electron chi connectivity index (χ4n) is 3.63. The zero-order valence-electron chi connectivity index (χ0n) is 11.3. The molecule has 96 valence electrons. The second kappa shape index (κ2) is 4.20. The first-order valence-corrected chi connectivity index (χ1v) is 7.01. The lowest BCUT2D eigenvalue weighted by atomic mass is 9.73. The van der Waals surface area contributed by atoms with Crippen LogP contribution in [-0.2, 0) is 16.6 Å². The number of hydrogen-bond donors (Lipinski definition) is 0. The molecule has 3 rings (SSSR count). The minimum atomic E-state index is -0.144. The summed E-state index contributed by atoms with van der Waals surface area (Å²) in [6, 6.07) is 6.57. The van der Waals surface area contributed by atoms with E-state index in [0.717, 1.165) is 32.5 Å². The molecule has 1 spiro atoms. The van der Waals surface area contributed by atoms with Crippen LogP contribution in [0.4, 0.5) is 0 Å². The molecule has 1 saturated heterocycles. The maximum Gasteiger partial charge on any atom is 0.147 e. The largest absolute Gasteiger partial charge is 0.304 e. The number of carbonyl (C=O) groups excluding carboxylic acids is 1. The first-order chi connectivity index (χ1) is 8.65. The van der Waals surface area contributed by atoms with Crippen molar-refractivity contribution in [1.29, 1.82) is 0 Å². The van der Waals surface area contributed by atoms with E-state index in [-0.39, 0.29) is 5.41 Å². The molecule has 0 saturated carbocycles. The monoisotopic (exact) mass is 243 g/mol. The number of carbonyl (C=O) groups is 1. The Labute approximate surface area is 109 Å². The third-order valence-corrected chi connectivity index (χ3v) is 4.82. The molecule has 1 aliphatic carbocycles. The number of ketones is 1. The smallest absolute Gasteiger partial charge is 0.147 e. The van der Waals surface area contributed by atoms with E-state index in [0.29, 0.717) is 12.2 Å². The van der Waals surface area contributed by atoms with Gasteiger partial charge in [-0.05, 0) is 50.5 Å². The second-order valence-electron chi connectivity index (χ2n) is 5.78. The van der Waals surface area contributed by atoms with Crippen LogP contribution in [0, 0.1) is 6.92 Å². The number of likely N-dealkylation sites (tertiary alicyclic amines) is 1. The Morgan fingerprint density at radius 1 is 1.28 bits per heavy atom. The maximum atomic E-state index is 12.5. The van der Waals surface area contributed by atoms with Gasteiger partial charge in [0.05, 0.1) is 5.41 Å². The SMILES string of the molecule is CCN1CCC2(CC1)C(=O)Cc1cc(C)ccc12. The molecular formula is C16H21NO. The van der Waals surface area contributed by atoms with Crippen LogP contribution < -0.4 is 0 Å². The molecular weight excluding hydrogens is 222 g/mol. The van der Waals surface area contributed by atoms with Crippen molar-refractivity contribution in [3.63, 3.8) is 0 Å². The number of nitrogens with zero attached hydrogens (tertiary/aromatic N) is 1. The Balaban J connectivity index is 1.97. The summed E-state index contributed by atoms with van der Waals surface area (Å²) in [6.07, 6.45) is 2.68. The van der Waals surface area contributed by atoms with Crippen LogP contribution in [0.1, 0.15) is 36.5 Å². The van der Waals surface area contributed by atoms with E-state index in [9.17, 15) is 4.79 Å². The van der Waals surface area contributed by atoms with Gasteiger partial charge in [0.1, 0.15) is 5.78 Å². The molecule has 18 heavy (non-hydrogen) atoms. The zero-order chi connectivity index (χ0) is 12.8. The van der Waals surface area contributed by atoms with Crippen LogP contribution in [0.25, 0.3) is 0 Å². The lowest BCUT2D eigenvalue weighted by molar-refractivity contribution is -0.124. The molecule has 0 amide bonds. The standard InChI is InChI=1S/C16H21NO/c1-3-17-8-6-16(7-9-17)14-5-4-12(2)10-13(14)11-15(16)18/h4-5,10H,3,6-9,11H2,1-2H3. The minimum absolute atomic E-state index is 0.144. The van der Waals surface area contributed by atoms with Crippen molar-refractivity contribution in [2.24, 2.45) is 0 Å². The molecule has 1 fully saturated rings.